The highest BCUT2D eigenvalue weighted by molar-refractivity contribution is 6.45. The molecule has 0 spiro atoms. The molecule has 3 rings (SSSR count). The maximum Gasteiger partial charge on any atom is 0.458 e. The first-order valence-corrected chi connectivity index (χ1v) is 7.88. The molecule has 2 aliphatic rings. The maximum atomic E-state index is 13.6. The van der Waals surface area contributed by atoms with Crippen LogP contribution in [0.1, 0.15) is 62.4 Å². The number of carbonyl (C=O) groups is 1. The van der Waals surface area contributed by atoms with Crippen molar-refractivity contribution in [3.8, 4) is 0 Å². The summed E-state index contributed by atoms with van der Waals surface area (Å²) in [5.74, 6) is -0.106. The summed E-state index contributed by atoms with van der Waals surface area (Å²) in [7, 11) is -0.320. The average molecular weight is 304 g/mol. The molecule has 0 amide bonds. The van der Waals surface area contributed by atoms with Crippen molar-refractivity contribution in [3.63, 3.8) is 0 Å². The first-order valence-electron chi connectivity index (χ1n) is 7.88. The second-order valence-electron chi connectivity index (χ2n) is 7.31. The summed E-state index contributed by atoms with van der Waals surface area (Å²) in [6.07, 6.45) is 1.87. The summed E-state index contributed by atoms with van der Waals surface area (Å²) in [4.78, 5) is 12.0. The molecule has 1 aliphatic carbocycles. The molecule has 0 N–H and O–H groups in total. The summed E-state index contributed by atoms with van der Waals surface area (Å²) in [5.41, 5.74) is 0.708. The van der Waals surface area contributed by atoms with Crippen LogP contribution in [0.2, 0.25) is 6.32 Å². The van der Waals surface area contributed by atoms with E-state index in [1.54, 1.807) is 6.07 Å². The minimum Gasteiger partial charge on any atom is -0.403 e. The van der Waals surface area contributed by atoms with Gasteiger partial charge in [-0.1, -0.05) is 0 Å². The highest BCUT2D eigenvalue weighted by Gasteiger charge is 2.51. The van der Waals surface area contributed by atoms with E-state index in [-0.39, 0.29) is 35.8 Å². The van der Waals surface area contributed by atoms with E-state index in [0.29, 0.717) is 18.3 Å². The van der Waals surface area contributed by atoms with E-state index >= 15 is 0 Å². The fourth-order valence-corrected chi connectivity index (χ4v) is 3.26. The predicted octanol–water partition coefficient (Wildman–Crippen LogP) is 3.98. The van der Waals surface area contributed by atoms with Crippen molar-refractivity contribution in [2.75, 3.05) is 0 Å². The number of hydrogen-bond acceptors (Lipinski definition) is 3. The fourth-order valence-electron chi connectivity index (χ4n) is 3.26. The first kappa shape index (κ1) is 15.7. The van der Waals surface area contributed by atoms with Crippen molar-refractivity contribution < 1.29 is 18.5 Å². The van der Waals surface area contributed by atoms with Crippen molar-refractivity contribution in [3.05, 3.63) is 35.1 Å². The highest BCUT2D eigenvalue weighted by Crippen LogP contribution is 2.42. The monoisotopic (exact) mass is 304 g/mol. The van der Waals surface area contributed by atoms with Crippen LogP contribution in [0.25, 0.3) is 0 Å². The van der Waals surface area contributed by atoms with Crippen molar-refractivity contribution >= 4 is 12.9 Å². The molecule has 1 aliphatic heterocycles. The van der Waals surface area contributed by atoms with Crippen LogP contribution in [0, 0.1) is 5.82 Å². The van der Waals surface area contributed by atoms with Gasteiger partial charge in [-0.15, -0.1) is 0 Å². The van der Waals surface area contributed by atoms with Crippen molar-refractivity contribution in [2.45, 2.75) is 64.0 Å². The number of Topliss-reactive ketones (excluding diaryl/α,β-unsaturated/α-hetero) is 1. The topological polar surface area (TPSA) is 35.5 Å². The van der Waals surface area contributed by atoms with E-state index < -0.39 is 0 Å². The van der Waals surface area contributed by atoms with E-state index in [1.165, 1.54) is 12.1 Å². The lowest BCUT2D eigenvalue weighted by Gasteiger charge is -2.32. The molecule has 0 saturated carbocycles. The fraction of sp³-hybridized carbons (Fsp3) is 0.588. The standard InChI is InChI=1S/C17H22BFO3/c1-16(2)17(3,4)22-18(21-16)10-11-5-8-15(20)13-7-6-12(19)9-14(11)13/h6-7,9,11H,5,8,10H2,1-4H3. The van der Waals surface area contributed by atoms with Crippen LogP contribution in [0.5, 0.6) is 0 Å². The van der Waals surface area contributed by atoms with Gasteiger partial charge in [-0.2, -0.15) is 0 Å². The third-order valence-corrected chi connectivity index (χ3v) is 5.25. The van der Waals surface area contributed by atoms with Gasteiger partial charge < -0.3 is 9.31 Å². The minimum atomic E-state index is -0.368. The van der Waals surface area contributed by atoms with Crippen LogP contribution in [-0.2, 0) is 9.31 Å². The highest BCUT2D eigenvalue weighted by atomic mass is 19.1. The van der Waals surface area contributed by atoms with Crippen LogP contribution in [0.15, 0.2) is 18.2 Å². The molecule has 1 atom stereocenters. The molecule has 22 heavy (non-hydrogen) atoms. The first-order chi connectivity index (χ1) is 10.2. The summed E-state index contributed by atoms with van der Waals surface area (Å²) in [5, 5.41) is 0. The molecule has 5 heteroatoms. The van der Waals surface area contributed by atoms with Crippen LogP contribution >= 0.6 is 0 Å². The second kappa shape index (κ2) is 5.17. The molecule has 118 valence electrons. The van der Waals surface area contributed by atoms with Crippen LogP contribution in [0.4, 0.5) is 4.39 Å². The van der Waals surface area contributed by atoms with E-state index in [4.69, 9.17) is 9.31 Å². The Labute approximate surface area is 131 Å². The van der Waals surface area contributed by atoms with Gasteiger partial charge in [0, 0.05) is 12.0 Å². The van der Waals surface area contributed by atoms with Gasteiger partial charge in [-0.3, -0.25) is 4.79 Å². The molecule has 0 aromatic heterocycles. The number of benzene rings is 1. The Hall–Kier alpha value is -1.20. The summed E-state index contributed by atoms with van der Waals surface area (Å²) < 4.78 is 25.7. The Morgan fingerprint density at radius 2 is 1.86 bits per heavy atom. The van der Waals surface area contributed by atoms with Gasteiger partial charge in [-0.05, 0) is 70.1 Å². The Kier molecular flexibility index (Phi) is 3.69. The lowest BCUT2D eigenvalue weighted by molar-refractivity contribution is 0.00578. The van der Waals surface area contributed by atoms with E-state index in [9.17, 15) is 9.18 Å². The number of ketones is 1. The number of rotatable bonds is 2. The molecule has 1 aromatic carbocycles. The molecule has 1 heterocycles. The summed E-state index contributed by atoms with van der Waals surface area (Å²) in [6.45, 7) is 8.08. The predicted molar refractivity (Wildman–Crippen MR) is 83.6 cm³/mol. The molecule has 0 radical (unpaired) electrons. The Morgan fingerprint density at radius 1 is 1.23 bits per heavy atom. The van der Waals surface area contributed by atoms with Gasteiger partial charge in [0.1, 0.15) is 5.82 Å². The lowest BCUT2D eigenvalue weighted by atomic mass is 9.69. The zero-order valence-corrected chi connectivity index (χ0v) is 13.6. The normalized spacial score (nSPS) is 26.1. The molecule has 1 unspecified atom stereocenters. The van der Waals surface area contributed by atoms with Gasteiger partial charge in [0.25, 0.3) is 0 Å². The van der Waals surface area contributed by atoms with E-state index in [0.717, 1.165) is 12.0 Å². The van der Waals surface area contributed by atoms with E-state index in [1.807, 2.05) is 27.7 Å². The number of halogens is 1. The molecule has 3 nitrogen and oxygen atoms in total. The Balaban J connectivity index is 1.82. The zero-order chi connectivity index (χ0) is 16.1. The largest absolute Gasteiger partial charge is 0.458 e. The average Bonchev–Trinajstić information content (AvgIpc) is 2.61. The quantitative estimate of drug-likeness (QED) is 0.775. The molecule has 1 saturated heterocycles. The number of hydrogen-bond donors (Lipinski definition) is 0. The van der Waals surface area contributed by atoms with Gasteiger partial charge >= 0.3 is 7.12 Å². The minimum absolute atomic E-state index is 0.0955. The smallest absolute Gasteiger partial charge is 0.403 e. The molecular formula is C17H22BFO3. The van der Waals surface area contributed by atoms with Crippen molar-refractivity contribution in [1.29, 1.82) is 0 Å². The Bertz CT molecular complexity index is 596. The maximum absolute atomic E-state index is 13.6. The Morgan fingerprint density at radius 3 is 2.50 bits per heavy atom. The lowest BCUT2D eigenvalue weighted by Crippen LogP contribution is -2.41. The molecular weight excluding hydrogens is 282 g/mol. The van der Waals surface area contributed by atoms with Crippen molar-refractivity contribution in [2.24, 2.45) is 0 Å². The van der Waals surface area contributed by atoms with Gasteiger partial charge in [-0.25, -0.2) is 4.39 Å². The van der Waals surface area contributed by atoms with Gasteiger partial charge in [0.15, 0.2) is 5.78 Å². The third kappa shape index (κ3) is 2.61. The van der Waals surface area contributed by atoms with Gasteiger partial charge in [0.2, 0.25) is 0 Å². The van der Waals surface area contributed by atoms with Crippen molar-refractivity contribution in [1.82, 2.24) is 0 Å². The third-order valence-electron chi connectivity index (χ3n) is 5.25. The molecule has 1 fully saturated rings. The summed E-state index contributed by atoms with van der Waals surface area (Å²) >= 11 is 0. The van der Waals surface area contributed by atoms with Crippen LogP contribution in [-0.4, -0.2) is 24.1 Å². The van der Waals surface area contributed by atoms with Crippen LogP contribution in [0.3, 0.4) is 0 Å². The summed E-state index contributed by atoms with van der Waals surface area (Å²) in [6, 6.07) is 4.44. The van der Waals surface area contributed by atoms with Gasteiger partial charge in [0.05, 0.1) is 11.2 Å². The molecule has 1 aromatic rings. The second-order valence-corrected chi connectivity index (χ2v) is 7.31. The number of carbonyl (C=O) groups excluding carboxylic acids is 1. The zero-order valence-electron chi connectivity index (χ0n) is 13.6. The molecule has 0 bridgehead atoms. The number of fused-ring (bicyclic) bond motifs is 1. The van der Waals surface area contributed by atoms with Crippen LogP contribution < -0.4 is 0 Å². The van der Waals surface area contributed by atoms with E-state index in [2.05, 4.69) is 0 Å². The SMILES string of the molecule is CC1(C)OB(CC2CCC(=O)c3ccc(F)cc32)OC1(C)C.